The fraction of sp³-hybridized carbons (Fsp3) is 0.286. The smallest absolute Gasteiger partial charge is 0.162 e. The maximum atomic E-state index is 13.4. The second kappa shape index (κ2) is 5.17. The van der Waals surface area contributed by atoms with Crippen molar-refractivity contribution in [3.05, 3.63) is 44.9 Å². The molecule has 0 amide bonds. The van der Waals surface area contributed by atoms with E-state index < -0.39 is 0 Å². The highest BCUT2D eigenvalue weighted by atomic mass is 79.9. The van der Waals surface area contributed by atoms with Gasteiger partial charge in [0.15, 0.2) is 5.82 Å². The van der Waals surface area contributed by atoms with E-state index in [1.807, 2.05) is 0 Å². The fourth-order valence-electron chi connectivity index (χ4n) is 2.34. The molecule has 0 radical (unpaired) electrons. The van der Waals surface area contributed by atoms with Crippen molar-refractivity contribution < 1.29 is 4.39 Å². The standard InChI is InChI=1S/C14H11BrClFN2/c15-11-6-5-8(17)7-10(11)14-18-12-4-2-1-3-9(12)13(16)19-14/h5-7H,1-4H2. The van der Waals surface area contributed by atoms with Gasteiger partial charge in [-0.25, -0.2) is 14.4 Å². The Hall–Kier alpha value is -1.00. The number of benzene rings is 1. The monoisotopic (exact) mass is 340 g/mol. The van der Waals surface area contributed by atoms with Crippen LogP contribution in [-0.4, -0.2) is 9.97 Å². The molecule has 0 unspecified atom stereocenters. The fourth-order valence-corrected chi connectivity index (χ4v) is 3.05. The Kier molecular flexibility index (Phi) is 3.54. The predicted octanol–water partition coefficient (Wildman–Crippen LogP) is 4.58. The molecule has 1 aromatic heterocycles. The zero-order valence-electron chi connectivity index (χ0n) is 10.1. The highest BCUT2D eigenvalue weighted by Gasteiger charge is 2.18. The molecule has 98 valence electrons. The summed E-state index contributed by atoms with van der Waals surface area (Å²) in [7, 11) is 0. The second-order valence-corrected chi connectivity index (χ2v) is 5.81. The molecule has 2 nitrogen and oxygen atoms in total. The van der Waals surface area contributed by atoms with Gasteiger partial charge in [-0.1, -0.05) is 27.5 Å². The van der Waals surface area contributed by atoms with Crippen molar-refractivity contribution >= 4 is 27.5 Å². The van der Waals surface area contributed by atoms with Crippen LogP contribution in [0.25, 0.3) is 11.4 Å². The van der Waals surface area contributed by atoms with Crippen molar-refractivity contribution in [1.82, 2.24) is 9.97 Å². The van der Waals surface area contributed by atoms with Crippen LogP contribution >= 0.6 is 27.5 Å². The molecule has 5 heteroatoms. The minimum absolute atomic E-state index is 0.310. The van der Waals surface area contributed by atoms with E-state index in [9.17, 15) is 4.39 Å². The van der Waals surface area contributed by atoms with Gasteiger partial charge in [-0.3, -0.25) is 0 Å². The van der Waals surface area contributed by atoms with Crippen LogP contribution in [0.2, 0.25) is 5.15 Å². The Bertz CT molecular complexity index is 646. The van der Waals surface area contributed by atoms with Crippen LogP contribution in [-0.2, 0) is 12.8 Å². The van der Waals surface area contributed by atoms with Crippen molar-refractivity contribution in [2.45, 2.75) is 25.7 Å². The molecule has 0 saturated carbocycles. The maximum Gasteiger partial charge on any atom is 0.162 e. The molecule has 0 aliphatic heterocycles. The lowest BCUT2D eigenvalue weighted by Crippen LogP contribution is -2.09. The lowest BCUT2D eigenvalue weighted by atomic mass is 9.97. The number of rotatable bonds is 1. The van der Waals surface area contributed by atoms with E-state index in [1.165, 1.54) is 12.1 Å². The third kappa shape index (κ3) is 2.51. The normalized spacial score (nSPS) is 14.3. The van der Waals surface area contributed by atoms with Gasteiger partial charge < -0.3 is 0 Å². The van der Waals surface area contributed by atoms with Crippen LogP contribution in [0.1, 0.15) is 24.1 Å². The lowest BCUT2D eigenvalue weighted by molar-refractivity contribution is 0.627. The van der Waals surface area contributed by atoms with E-state index >= 15 is 0 Å². The van der Waals surface area contributed by atoms with Gasteiger partial charge in [0.1, 0.15) is 11.0 Å². The van der Waals surface area contributed by atoms with Crippen molar-refractivity contribution in [2.24, 2.45) is 0 Å². The summed E-state index contributed by atoms with van der Waals surface area (Å²) in [4.78, 5) is 8.87. The van der Waals surface area contributed by atoms with Crippen LogP contribution in [0.4, 0.5) is 4.39 Å². The molecule has 19 heavy (non-hydrogen) atoms. The SMILES string of the molecule is Fc1ccc(Br)c(-c2nc(Cl)c3c(n2)CCCC3)c1. The first-order valence-corrected chi connectivity index (χ1v) is 7.33. The van der Waals surface area contributed by atoms with Crippen LogP contribution in [0.15, 0.2) is 22.7 Å². The largest absolute Gasteiger partial charge is 0.233 e. The first-order chi connectivity index (χ1) is 9.15. The van der Waals surface area contributed by atoms with Crippen LogP contribution in [0.5, 0.6) is 0 Å². The van der Waals surface area contributed by atoms with E-state index in [-0.39, 0.29) is 5.82 Å². The van der Waals surface area contributed by atoms with Gasteiger partial charge >= 0.3 is 0 Å². The molecule has 3 rings (SSSR count). The van der Waals surface area contributed by atoms with Gasteiger partial charge in [0.05, 0.1) is 0 Å². The quantitative estimate of drug-likeness (QED) is 0.710. The van der Waals surface area contributed by atoms with Gasteiger partial charge in [-0.05, 0) is 43.9 Å². The molecule has 0 bridgehead atoms. The number of nitrogens with zero attached hydrogens (tertiary/aromatic N) is 2. The lowest BCUT2D eigenvalue weighted by Gasteiger charge is -2.16. The third-order valence-electron chi connectivity index (χ3n) is 3.30. The van der Waals surface area contributed by atoms with E-state index in [0.29, 0.717) is 16.5 Å². The molecule has 0 atom stereocenters. The van der Waals surface area contributed by atoms with Crippen molar-refractivity contribution in [3.63, 3.8) is 0 Å². The molecule has 0 N–H and O–H groups in total. The number of fused-ring (bicyclic) bond motifs is 1. The van der Waals surface area contributed by atoms with Gasteiger partial charge in [-0.2, -0.15) is 0 Å². The second-order valence-electron chi connectivity index (χ2n) is 4.59. The van der Waals surface area contributed by atoms with Crippen molar-refractivity contribution in [1.29, 1.82) is 0 Å². The van der Waals surface area contributed by atoms with E-state index in [1.54, 1.807) is 6.07 Å². The minimum atomic E-state index is -0.310. The molecule has 0 saturated heterocycles. The first kappa shape index (κ1) is 13.0. The van der Waals surface area contributed by atoms with Gasteiger partial charge in [-0.15, -0.1) is 0 Å². The molecule has 2 aromatic rings. The molecule has 1 aliphatic carbocycles. The highest BCUT2D eigenvalue weighted by molar-refractivity contribution is 9.10. The summed E-state index contributed by atoms with van der Waals surface area (Å²) < 4.78 is 14.1. The molecule has 1 aromatic carbocycles. The number of aromatic nitrogens is 2. The van der Waals surface area contributed by atoms with E-state index in [2.05, 4.69) is 25.9 Å². The number of hydrogen-bond acceptors (Lipinski definition) is 2. The van der Waals surface area contributed by atoms with E-state index in [4.69, 9.17) is 11.6 Å². The highest BCUT2D eigenvalue weighted by Crippen LogP contribution is 2.31. The number of halogens is 3. The summed E-state index contributed by atoms with van der Waals surface area (Å²) in [5, 5.41) is 0.496. The average Bonchev–Trinajstić information content (AvgIpc) is 2.41. The van der Waals surface area contributed by atoms with Crippen LogP contribution in [0, 0.1) is 5.82 Å². The Morgan fingerprint density at radius 1 is 1.16 bits per heavy atom. The van der Waals surface area contributed by atoms with Gasteiger partial charge in [0.25, 0.3) is 0 Å². The third-order valence-corrected chi connectivity index (χ3v) is 4.31. The average molecular weight is 342 g/mol. The summed E-state index contributed by atoms with van der Waals surface area (Å²) in [5.41, 5.74) is 2.68. The Balaban J connectivity index is 2.15. The van der Waals surface area contributed by atoms with Gasteiger partial charge in [0.2, 0.25) is 0 Å². The number of hydrogen-bond donors (Lipinski definition) is 0. The summed E-state index contributed by atoms with van der Waals surface area (Å²) in [6.45, 7) is 0. The van der Waals surface area contributed by atoms with Crippen LogP contribution < -0.4 is 0 Å². The Morgan fingerprint density at radius 3 is 2.79 bits per heavy atom. The van der Waals surface area contributed by atoms with Gasteiger partial charge in [0, 0.05) is 21.3 Å². The Morgan fingerprint density at radius 2 is 1.95 bits per heavy atom. The summed E-state index contributed by atoms with van der Waals surface area (Å²) in [5.74, 6) is 0.174. The number of aryl methyl sites for hydroxylation is 1. The molecule has 0 spiro atoms. The molecule has 1 heterocycles. The van der Waals surface area contributed by atoms with Crippen molar-refractivity contribution in [2.75, 3.05) is 0 Å². The minimum Gasteiger partial charge on any atom is -0.233 e. The van der Waals surface area contributed by atoms with Crippen LogP contribution in [0.3, 0.4) is 0 Å². The van der Waals surface area contributed by atoms with E-state index in [0.717, 1.165) is 41.4 Å². The summed E-state index contributed by atoms with van der Waals surface area (Å²) in [6.07, 6.45) is 4.08. The predicted molar refractivity (Wildman–Crippen MR) is 76.8 cm³/mol. The maximum absolute atomic E-state index is 13.4. The zero-order valence-corrected chi connectivity index (χ0v) is 12.4. The summed E-state index contributed by atoms with van der Waals surface area (Å²) in [6, 6.07) is 4.47. The first-order valence-electron chi connectivity index (χ1n) is 6.16. The molecular weight excluding hydrogens is 331 g/mol. The summed E-state index contributed by atoms with van der Waals surface area (Å²) >= 11 is 9.63. The molecule has 1 aliphatic rings. The van der Waals surface area contributed by atoms with Crippen molar-refractivity contribution in [3.8, 4) is 11.4 Å². The zero-order chi connectivity index (χ0) is 13.4. The topological polar surface area (TPSA) is 25.8 Å². The Labute approximate surface area is 124 Å². The molecular formula is C14H11BrClFN2. The molecule has 0 fully saturated rings.